The van der Waals surface area contributed by atoms with Crippen LogP contribution in [0.1, 0.15) is 69.5 Å². The summed E-state index contributed by atoms with van der Waals surface area (Å²) in [5, 5.41) is 7.55. The van der Waals surface area contributed by atoms with E-state index in [1.54, 1.807) is 24.5 Å². The van der Waals surface area contributed by atoms with Gasteiger partial charge in [0.2, 0.25) is 10.0 Å². The molecule has 3 aromatic rings. The van der Waals surface area contributed by atoms with Gasteiger partial charge in [-0.25, -0.2) is 26.9 Å². The van der Waals surface area contributed by atoms with Gasteiger partial charge in [0, 0.05) is 31.9 Å². The fraction of sp³-hybridized carbons (Fsp3) is 0.630. The molecule has 1 atom stereocenters. The van der Waals surface area contributed by atoms with E-state index < -0.39 is 44.1 Å². The van der Waals surface area contributed by atoms with Crippen molar-refractivity contribution in [3.8, 4) is 10.7 Å². The molecule has 0 aromatic carbocycles. The summed E-state index contributed by atoms with van der Waals surface area (Å²) < 4.78 is 70.5. The number of aromatic nitrogens is 4. The lowest BCUT2D eigenvalue weighted by Crippen LogP contribution is -2.45. The van der Waals surface area contributed by atoms with Crippen LogP contribution in [0.4, 0.5) is 14.5 Å². The van der Waals surface area contributed by atoms with Crippen molar-refractivity contribution in [3.05, 3.63) is 23.0 Å². The van der Waals surface area contributed by atoms with Crippen molar-refractivity contribution in [2.75, 3.05) is 31.7 Å². The maximum absolute atomic E-state index is 13.7. The van der Waals surface area contributed by atoms with Crippen LogP contribution in [0.2, 0.25) is 0 Å². The number of carbonyl (C=O) groups is 1. The number of methoxy groups -OCH3 is 1. The fourth-order valence-electron chi connectivity index (χ4n) is 6.18. The van der Waals surface area contributed by atoms with Gasteiger partial charge in [-0.2, -0.15) is 0 Å². The lowest BCUT2D eigenvalue weighted by atomic mass is 9.75. The summed E-state index contributed by atoms with van der Waals surface area (Å²) in [6, 6.07) is 1.62. The van der Waals surface area contributed by atoms with E-state index in [1.165, 1.54) is 6.20 Å². The largest absolute Gasteiger partial charge is 0.372 e. The first kappa shape index (κ1) is 28.2. The summed E-state index contributed by atoms with van der Waals surface area (Å²) in [5.41, 5.74) is 0.166. The second kappa shape index (κ2) is 9.45. The Bertz CT molecular complexity index is 1690. The first-order chi connectivity index (χ1) is 19.9. The van der Waals surface area contributed by atoms with Gasteiger partial charge in [0.25, 0.3) is 6.43 Å². The Morgan fingerprint density at radius 2 is 1.88 bits per heavy atom. The Morgan fingerprint density at radius 1 is 1.17 bits per heavy atom. The molecule has 4 fully saturated rings. The van der Waals surface area contributed by atoms with Gasteiger partial charge in [-0.15, -0.1) is 10.2 Å². The van der Waals surface area contributed by atoms with Crippen molar-refractivity contribution in [1.29, 1.82) is 0 Å². The minimum Gasteiger partial charge on any atom is -0.372 e. The number of imidazole rings is 1. The highest BCUT2D eigenvalue weighted by molar-refractivity contribution is 7.89. The summed E-state index contributed by atoms with van der Waals surface area (Å²) in [6.45, 7) is 5.00. The molecule has 0 radical (unpaired) electrons. The number of nitrogens with zero attached hydrogens (tertiary/aromatic N) is 5. The molecule has 0 unspecified atom stereocenters. The van der Waals surface area contributed by atoms with E-state index in [2.05, 4.69) is 14.9 Å². The molecule has 0 amide bonds. The molecule has 11 nitrogen and oxygen atoms in total. The SMILES string of the molecule is COC1(c2nc3c(N4CCC5(CC4)CO[C@@H](C)C5=O)cc(S(=O)(=O)NC4(C)CC4)cn3c2-c2nnc(C(F)F)s2)CC1. The van der Waals surface area contributed by atoms with E-state index in [0.717, 1.165) is 24.2 Å². The molecule has 15 heteroatoms. The molecule has 2 saturated heterocycles. The van der Waals surface area contributed by atoms with Gasteiger partial charge < -0.3 is 14.4 Å². The Labute approximate surface area is 245 Å². The van der Waals surface area contributed by atoms with E-state index in [0.29, 0.717) is 68.1 Å². The normalized spacial score (nSPS) is 24.3. The third-order valence-electron chi connectivity index (χ3n) is 9.29. The number of Topliss-reactive ketones (excluding diaryl/α,β-unsaturated/α-hetero) is 1. The van der Waals surface area contributed by atoms with Crippen LogP contribution in [0.15, 0.2) is 17.2 Å². The van der Waals surface area contributed by atoms with Gasteiger partial charge in [0.05, 0.1) is 17.7 Å². The number of alkyl halides is 2. The zero-order valence-electron chi connectivity index (χ0n) is 23.5. The van der Waals surface area contributed by atoms with Crippen LogP contribution in [0.3, 0.4) is 0 Å². The molecule has 5 heterocycles. The third-order valence-corrected chi connectivity index (χ3v) is 11.8. The van der Waals surface area contributed by atoms with Crippen LogP contribution in [0, 0.1) is 5.41 Å². The summed E-state index contributed by atoms with van der Waals surface area (Å²) >= 11 is 0.751. The van der Waals surface area contributed by atoms with Gasteiger partial charge in [-0.1, -0.05) is 11.3 Å². The predicted molar refractivity (Wildman–Crippen MR) is 149 cm³/mol. The van der Waals surface area contributed by atoms with Gasteiger partial charge >= 0.3 is 0 Å². The Balaban J connectivity index is 1.40. The lowest BCUT2D eigenvalue weighted by Gasteiger charge is -2.38. The zero-order valence-corrected chi connectivity index (χ0v) is 25.2. The smallest absolute Gasteiger partial charge is 0.291 e. The van der Waals surface area contributed by atoms with Crippen molar-refractivity contribution >= 4 is 38.5 Å². The minimum absolute atomic E-state index is 0.0263. The second-order valence-electron chi connectivity index (χ2n) is 12.3. The highest BCUT2D eigenvalue weighted by Crippen LogP contribution is 2.53. The number of sulfonamides is 1. The lowest BCUT2D eigenvalue weighted by molar-refractivity contribution is -0.128. The van der Waals surface area contributed by atoms with Crippen molar-refractivity contribution in [1.82, 2.24) is 24.3 Å². The topological polar surface area (TPSA) is 128 Å². The Morgan fingerprint density at radius 3 is 2.43 bits per heavy atom. The minimum atomic E-state index is -3.95. The van der Waals surface area contributed by atoms with Crippen molar-refractivity contribution in [3.63, 3.8) is 0 Å². The zero-order chi connectivity index (χ0) is 29.7. The number of hydrogen-bond acceptors (Lipinski definition) is 10. The van der Waals surface area contributed by atoms with E-state index in [4.69, 9.17) is 14.5 Å². The molecule has 0 bridgehead atoms. The fourth-order valence-corrected chi connectivity index (χ4v) is 8.40. The maximum atomic E-state index is 13.7. The second-order valence-corrected chi connectivity index (χ2v) is 15.0. The quantitative estimate of drug-likeness (QED) is 0.399. The molecule has 4 aliphatic rings. The number of carbonyl (C=O) groups excluding carboxylic acids is 1. The summed E-state index contributed by atoms with van der Waals surface area (Å²) in [5.74, 6) is 0.109. The number of anilines is 1. The molecule has 226 valence electrons. The number of ketones is 1. The number of ether oxygens (including phenoxy) is 2. The Hall–Kier alpha value is -2.59. The average Bonchev–Trinajstić information content (AvgIpc) is 3.76. The first-order valence-electron chi connectivity index (χ1n) is 14.1. The van der Waals surface area contributed by atoms with Crippen molar-refractivity contribution in [2.45, 2.75) is 80.9 Å². The standard InChI is InChI=1S/C27H32F2N6O5S2/c1-15-20(36)26(14-40-15)8-10-34(11-9-26)17-12-16(42(37,38)33-25(2)4-5-25)13-35-18(23-31-32-24(41-23)21(28)29)19(30-22(17)35)27(39-3)6-7-27/h12-13,15,21,33H,4-11,14H2,1-3H3/t15-/m0/s1. The number of piperidine rings is 1. The number of hydrogen-bond donors (Lipinski definition) is 1. The van der Waals surface area contributed by atoms with Gasteiger partial charge in [-0.3, -0.25) is 9.20 Å². The Kier molecular flexibility index (Phi) is 6.35. The molecular formula is C27H32F2N6O5S2. The van der Waals surface area contributed by atoms with E-state index in [-0.39, 0.29) is 15.7 Å². The molecule has 2 aliphatic heterocycles. The molecular weight excluding hydrogens is 590 g/mol. The van der Waals surface area contributed by atoms with E-state index >= 15 is 0 Å². The third kappa shape index (κ3) is 4.46. The van der Waals surface area contributed by atoms with Crippen molar-refractivity contribution < 1.29 is 31.5 Å². The van der Waals surface area contributed by atoms with Crippen LogP contribution < -0.4 is 9.62 Å². The van der Waals surface area contributed by atoms with Crippen LogP contribution in [0.5, 0.6) is 0 Å². The monoisotopic (exact) mass is 622 g/mol. The highest BCUT2D eigenvalue weighted by atomic mass is 32.2. The number of nitrogens with one attached hydrogen (secondary N) is 1. The number of rotatable bonds is 8. The van der Waals surface area contributed by atoms with Crippen LogP contribution >= 0.6 is 11.3 Å². The van der Waals surface area contributed by atoms with Crippen LogP contribution in [-0.4, -0.2) is 72.2 Å². The molecule has 7 rings (SSSR count). The molecule has 42 heavy (non-hydrogen) atoms. The highest BCUT2D eigenvalue weighted by Gasteiger charge is 2.51. The predicted octanol–water partition coefficient (Wildman–Crippen LogP) is 3.83. The van der Waals surface area contributed by atoms with Gasteiger partial charge in [0.15, 0.2) is 21.4 Å². The van der Waals surface area contributed by atoms with Crippen LogP contribution in [0.25, 0.3) is 16.3 Å². The molecule has 1 N–H and O–H groups in total. The number of pyridine rings is 1. The van der Waals surface area contributed by atoms with E-state index in [9.17, 15) is 22.0 Å². The molecule has 2 aliphatic carbocycles. The van der Waals surface area contributed by atoms with E-state index in [1.807, 2.05) is 11.8 Å². The van der Waals surface area contributed by atoms with Crippen molar-refractivity contribution in [2.24, 2.45) is 5.41 Å². The molecule has 2 saturated carbocycles. The molecule has 3 aromatic heterocycles. The summed E-state index contributed by atoms with van der Waals surface area (Å²) in [6.07, 6.45) is 2.20. The molecule has 1 spiro atoms. The maximum Gasteiger partial charge on any atom is 0.291 e. The summed E-state index contributed by atoms with van der Waals surface area (Å²) in [7, 11) is -2.38. The average molecular weight is 623 g/mol. The first-order valence-corrected chi connectivity index (χ1v) is 16.4. The van der Waals surface area contributed by atoms with Gasteiger partial charge in [0.1, 0.15) is 28.0 Å². The summed E-state index contributed by atoms with van der Waals surface area (Å²) in [4.78, 5) is 20.0. The number of halogens is 2. The number of fused-ring (bicyclic) bond motifs is 1. The van der Waals surface area contributed by atoms with Gasteiger partial charge in [-0.05, 0) is 58.4 Å². The van der Waals surface area contributed by atoms with Crippen LogP contribution in [-0.2, 0) is 29.9 Å².